The van der Waals surface area contributed by atoms with Crippen LogP contribution in [0.4, 0.5) is 0 Å². The summed E-state index contributed by atoms with van der Waals surface area (Å²) in [4.78, 5) is 11.0. The maximum atomic E-state index is 12.1. The number of carbonyl (C=O) groups is 1. The predicted molar refractivity (Wildman–Crippen MR) is 83.5 cm³/mol. The van der Waals surface area contributed by atoms with E-state index in [1.165, 1.54) is 42.5 Å². The van der Waals surface area contributed by atoms with Crippen molar-refractivity contribution in [1.82, 2.24) is 0 Å². The van der Waals surface area contributed by atoms with Crippen molar-refractivity contribution in [3.8, 4) is 11.8 Å². The fraction of sp³-hybridized carbons (Fsp3) is 0. The van der Waals surface area contributed by atoms with Gasteiger partial charge in [0.05, 0.1) is 0 Å². The first-order valence-electron chi connectivity index (χ1n) is 6.43. The van der Waals surface area contributed by atoms with E-state index in [-0.39, 0.29) is 16.2 Å². The third-order valence-corrected chi connectivity index (χ3v) is 4.08. The Morgan fingerprint density at radius 3 is 2.22 bits per heavy atom. The molecule has 23 heavy (non-hydrogen) atoms. The number of primary amides is 1. The lowest BCUT2D eigenvalue weighted by atomic mass is 10.1. The number of benzene rings is 2. The molecule has 2 rings (SSSR count). The summed E-state index contributed by atoms with van der Waals surface area (Å²) in [5.41, 5.74) is 5.36. The molecule has 2 aromatic rings. The molecule has 0 unspecified atom stereocenters. The van der Waals surface area contributed by atoms with Gasteiger partial charge in [-0.2, -0.15) is 13.7 Å². The number of rotatable bonds is 5. The van der Waals surface area contributed by atoms with Crippen molar-refractivity contribution < 1.29 is 17.4 Å². The molecule has 0 heterocycles. The summed E-state index contributed by atoms with van der Waals surface area (Å²) in [5.74, 6) is -0.719. The van der Waals surface area contributed by atoms with Crippen LogP contribution < -0.4 is 9.92 Å². The van der Waals surface area contributed by atoms with Crippen molar-refractivity contribution in [3.05, 3.63) is 65.7 Å². The predicted octanol–water partition coefficient (Wildman–Crippen LogP) is 1.85. The van der Waals surface area contributed by atoms with Crippen LogP contribution in [-0.2, 0) is 14.9 Å². The van der Waals surface area contributed by atoms with Gasteiger partial charge in [-0.1, -0.05) is 30.3 Å². The monoisotopic (exact) mass is 328 g/mol. The molecule has 0 fully saturated rings. The van der Waals surface area contributed by atoms with Crippen LogP contribution >= 0.6 is 0 Å². The molecule has 7 heteroatoms. The molecule has 1 amide bonds. The van der Waals surface area contributed by atoms with Gasteiger partial charge in [0.15, 0.2) is 0 Å². The largest absolute Gasteiger partial charge is 0.379 e. The molecule has 6 nitrogen and oxygen atoms in total. The number of nitrogens with zero attached hydrogens (tertiary/aromatic N) is 1. The van der Waals surface area contributed by atoms with Gasteiger partial charge in [0.1, 0.15) is 22.3 Å². The average molecular weight is 328 g/mol. The molecule has 0 bridgehead atoms. The van der Waals surface area contributed by atoms with Gasteiger partial charge in [0.25, 0.3) is 5.91 Å². The average Bonchev–Trinajstić information content (AvgIpc) is 2.54. The lowest BCUT2D eigenvalue weighted by Gasteiger charge is -2.07. The Balaban J connectivity index is 2.21. The highest BCUT2D eigenvalue weighted by molar-refractivity contribution is 7.87. The van der Waals surface area contributed by atoms with Crippen molar-refractivity contribution in [1.29, 1.82) is 5.26 Å². The normalized spacial score (nSPS) is 11.5. The third-order valence-electron chi connectivity index (χ3n) is 2.81. The number of carbonyl (C=O) groups excluding carboxylic acids is 1. The number of hydrogen-bond acceptors (Lipinski definition) is 5. The van der Waals surface area contributed by atoms with Gasteiger partial charge in [-0.15, -0.1) is 0 Å². The van der Waals surface area contributed by atoms with Crippen LogP contribution in [-0.4, -0.2) is 14.3 Å². The Morgan fingerprint density at radius 2 is 1.70 bits per heavy atom. The van der Waals surface area contributed by atoms with Gasteiger partial charge < -0.3 is 9.92 Å². The second-order valence-corrected chi connectivity index (χ2v) is 6.00. The highest BCUT2D eigenvalue weighted by atomic mass is 32.2. The smallest absolute Gasteiger partial charge is 0.339 e. The Labute approximate surface area is 133 Å². The van der Waals surface area contributed by atoms with Crippen LogP contribution in [0.3, 0.4) is 0 Å². The van der Waals surface area contributed by atoms with Crippen LogP contribution in [0.25, 0.3) is 6.08 Å². The van der Waals surface area contributed by atoms with Crippen molar-refractivity contribution in [2.45, 2.75) is 4.90 Å². The molecule has 0 aliphatic rings. The maximum Gasteiger partial charge on any atom is 0.339 e. The Kier molecular flexibility index (Phi) is 4.79. The van der Waals surface area contributed by atoms with E-state index in [9.17, 15) is 13.2 Å². The molecule has 116 valence electrons. The van der Waals surface area contributed by atoms with Crippen molar-refractivity contribution in [2.24, 2.45) is 5.73 Å². The topological polar surface area (TPSA) is 110 Å². The first-order chi connectivity index (χ1) is 10.9. The van der Waals surface area contributed by atoms with Crippen LogP contribution in [0.2, 0.25) is 0 Å². The highest BCUT2D eigenvalue weighted by Gasteiger charge is 2.15. The molecule has 0 saturated carbocycles. The van der Waals surface area contributed by atoms with E-state index in [4.69, 9.17) is 15.2 Å². The Morgan fingerprint density at radius 1 is 1.09 bits per heavy atom. The first kappa shape index (κ1) is 16.3. The molecule has 2 aromatic carbocycles. The minimum Gasteiger partial charge on any atom is -0.379 e. The highest BCUT2D eigenvalue weighted by Crippen LogP contribution is 2.19. The van der Waals surface area contributed by atoms with Gasteiger partial charge in [-0.3, -0.25) is 4.79 Å². The SMILES string of the molecule is N#C/C(=C\c1ccc(OS(=O)(=O)c2ccccc2)cc1)C(N)=O. The van der Waals surface area contributed by atoms with Crippen molar-refractivity contribution in [2.75, 3.05) is 0 Å². The third kappa shape index (κ3) is 4.18. The van der Waals surface area contributed by atoms with Gasteiger partial charge in [0.2, 0.25) is 0 Å². The van der Waals surface area contributed by atoms with Gasteiger partial charge in [0, 0.05) is 0 Å². The van der Waals surface area contributed by atoms with Crippen LogP contribution in [0.5, 0.6) is 5.75 Å². The second kappa shape index (κ2) is 6.77. The standard InChI is InChI=1S/C16H12N2O4S/c17-11-13(16(18)19)10-12-6-8-14(9-7-12)22-23(20,21)15-4-2-1-3-5-15/h1-10H,(H2,18,19)/b13-10+. The van der Waals surface area contributed by atoms with Crippen LogP contribution in [0.1, 0.15) is 5.56 Å². The zero-order valence-corrected chi connectivity index (χ0v) is 12.7. The van der Waals surface area contributed by atoms with Crippen molar-refractivity contribution in [3.63, 3.8) is 0 Å². The second-order valence-electron chi connectivity index (χ2n) is 4.45. The van der Waals surface area contributed by atoms with Crippen LogP contribution in [0, 0.1) is 11.3 Å². The van der Waals surface area contributed by atoms with Gasteiger partial charge in [-0.05, 0) is 35.9 Å². The molecule has 0 aliphatic carbocycles. The van der Waals surface area contributed by atoms with E-state index in [0.29, 0.717) is 5.56 Å². The molecule has 0 atom stereocenters. The maximum absolute atomic E-state index is 12.1. The molecule has 0 aliphatic heterocycles. The van der Waals surface area contributed by atoms with E-state index in [0.717, 1.165) is 0 Å². The lowest BCUT2D eigenvalue weighted by molar-refractivity contribution is -0.114. The first-order valence-corrected chi connectivity index (χ1v) is 7.84. The molecular weight excluding hydrogens is 316 g/mol. The molecular formula is C16H12N2O4S. The lowest BCUT2D eigenvalue weighted by Crippen LogP contribution is -2.12. The number of nitrogens with two attached hydrogens (primary N) is 1. The van der Waals surface area contributed by atoms with Crippen LogP contribution in [0.15, 0.2) is 65.1 Å². The summed E-state index contributed by atoms with van der Waals surface area (Å²) in [7, 11) is -3.91. The van der Waals surface area contributed by atoms with E-state index < -0.39 is 16.0 Å². The van der Waals surface area contributed by atoms with Crippen molar-refractivity contribution >= 4 is 22.1 Å². The minimum atomic E-state index is -3.91. The zero-order chi connectivity index (χ0) is 16.9. The molecule has 0 spiro atoms. The minimum absolute atomic E-state index is 0.0458. The fourth-order valence-corrected chi connectivity index (χ4v) is 2.66. The van der Waals surface area contributed by atoms with Gasteiger partial charge >= 0.3 is 10.1 Å². The quantitative estimate of drug-likeness (QED) is 0.511. The molecule has 0 aromatic heterocycles. The summed E-state index contributed by atoms with van der Waals surface area (Å²) in [6.07, 6.45) is 1.30. The summed E-state index contributed by atoms with van der Waals surface area (Å²) >= 11 is 0. The van der Waals surface area contributed by atoms with E-state index >= 15 is 0 Å². The molecule has 0 saturated heterocycles. The van der Waals surface area contributed by atoms with Gasteiger partial charge in [-0.25, -0.2) is 0 Å². The zero-order valence-electron chi connectivity index (χ0n) is 11.8. The Hall–Kier alpha value is -3.11. The Bertz CT molecular complexity index is 880. The number of hydrogen-bond donors (Lipinski definition) is 1. The van der Waals surface area contributed by atoms with E-state index in [2.05, 4.69) is 0 Å². The molecule has 2 N–H and O–H groups in total. The number of nitriles is 1. The summed E-state index contributed by atoms with van der Waals surface area (Å²) in [6.45, 7) is 0. The summed E-state index contributed by atoms with van der Waals surface area (Å²) in [5, 5.41) is 8.77. The number of amides is 1. The summed E-state index contributed by atoms with van der Waals surface area (Å²) < 4.78 is 29.1. The van der Waals surface area contributed by atoms with E-state index in [1.807, 2.05) is 0 Å². The molecule has 0 radical (unpaired) electrons. The van der Waals surface area contributed by atoms with E-state index in [1.54, 1.807) is 24.3 Å². The summed E-state index contributed by atoms with van der Waals surface area (Å²) in [6, 6.07) is 15.3. The fourth-order valence-electron chi connectivity index (χ4n) is 1.71.